The van der Waals surface area contributed by atoms with Crippen LogP contribution in [0.2, 0.25) is 5.02 Å². The number of hydrazine groups is 1. The van der Waals surface area contributed by atoms with E-state index in [1.54, 1.807) is 17.2 Å². The predicted octanol–water partition coefficient (Wildman–Crippen LogP) is 4.48. The first-order valence-corrected chi connectivity index (χ1v) is 14.5. The van der Waals surface area contributed by atoms with Crippen molar-refractivity contribution in [1.29, 1.82) is 0 Å². The van der Waals surface area contributed by atoms with Crippen molar-refractivity contribution in [3.63, 3.8) is 0 Å². The number of nitrogens with zero attached hydrogens (tertiary/aromatic N) is 3. The largest absolute Gasteiger partial charge is 0.350 e. The fraction of sp³-hybridized carbons (Fsp3) is 0.194. The van der Waals surface area contributed by atoms with E-state index in [4.69, 9.17) is 23.8 Å². The normalized spacial score (nSPS) is 17.3. The van der Waals surface area contributed by atoms with Gasteiger partial charge in [-0.15, -0.1) is 0 Å². The van der Waals surface area contributed by atoms with E-state index in [-0.39, 0.29) is 33.2 Å². The molecule has 2 aromatic heterocycles. The number of aryl methyl sites for hydroxylation is 2. The quantitative estimate of drug-likeness (QED) is 0.186. The molecule has 3 heterocycles. The number of aromatic nitrogens is 2. The fourth-order valence-electron chi connectivity index (χ4n) is 5.42. The number of benzene rings is 2. The van der Waals surface area contributed by atoms with Crippen molar-refractivity contribution in [3.8, 4) is 0 Å². The highest BCUT2D eigenvalue weighted by Gasteiger charge is 2.34. The molecule has 4 aromatic rings. The SMILES string of the molecule is O=C(NC1CCN(c2ccccc2)C1=O)c1cnc(NNC(=S)NC2c3cc(F)ccc3CCc3ncccc32)c(Cl)c1. The van der Waals surface area contributed by atoms with Crippen molar-refractivity contribution in [3.05, 3.63) is 118 Å². The average molecular weight is 616 g/mol. The van der Waals surface area contributed by atoms with E-state index in [1.807, 2.05) is 42.5 Å². The van der Waals surface area contributed by atoms with E-state index >= 15 is 0 Å². The second kappa shape index (κ2) is 12.3. The van der Waals surface area contributed by atoms with Gasteiger partial charge in [-0.2, -0.15) is 0 Å². The molecule has 1 aliphatic carbocycles. The number of rotatable bonds is 6. The summed E-state index contributed by atoms with van der Waals surface area (Å²) >= 11 is 12.0. The lowest BCUT2D eigenvalue weighted by Crippen LogP contribution is -2.42. The Morgan fingerprint density at radius 1 is 1.00 bits per heavy atom. The van der Waals surface area contributed by atoms with Gasteiger partial charge in [0.05, 0.1) is 16.6 Å². The lowest BCUT2D eigenvalue weighted by molar-refractivity contribution is -0.118. The molecule has 1 aliphatic heterocycles. The van der Waals surface area contributed by atoms with Crippen LogP contribution in [-0.2, 0) is 17.6 Å². The number of thiocarbonyl (C=S) groups is 1. The van der Waals surface area contributed by atoms with Gasteiger partial charge in [0.25, 0.3) is 5.91 Å². The maximum atomic E-state index is 14.3. The molecule has 6 rings (SSSR count). The van der Waals surface area contributed by atoms with Gasteiger partial charge in [0.15, 0.2) is 10.9 Å². The first kappa shape index (κ1) is 28.5. The van der Waals surface area contributed by atoms with E-state index in [0.29, 0.717) is 13.0 Å². The molecule has 2 amide bonds. The number of anilines is 2. The van der Waals surface area contributed by atoms with Crippen LogP contribution in [0.5, 0.6) is 0 Å². The summed E-state index contributed by atoms with van der Waals surface area (Å²) in [4.78, 5) is 36.2. The van der Waals surface area contributed by atoms with Gasteiger partial charge in [0.1, 0.15) is 11.9 Å². The number of para-hydroxylation sites is 1. The number of nitrogens with one attached hydrogen (secondary N) is 4. The van der Waals surface area contributed by atoms with Crippen LogP contribution in [0, 0.1) is 5.82 Å². The lowest BCUT2D eigenvalue weighted by Gasteiger charge is -2.23. The third-order valence-electron chi connectivity index (χ3n) is 7.54. The molecule has 218 valence electrons. The van der Waals surface area contributed by atoms with Crippen LogP contribution in [0.25, 0.3) is 0 Å². The third kappa shape index (κ3) is 6.13. The van der Waals surface area contributed by atoms with E-state index in [0.717, 1.165) is 40.9 Å². The number of hydrogen-bond acceptors (Lipinski definition) is 6. The van der Waals surface area contributed by atoms with E-state index < -0.39 is 18.0 Å². The number of carbonyl (C=O) groups excluding carboxylic acids is 2. The van der Waals surface area contributed by atoms with Crippen molar-refractivity contribution < 1.29 is 14.0 Å². The standard InChI is InChI=1S/C31H27ClFN7O2S/c32-24-15-19(29(41)36-26-12-14-40(30(26)42)21-5-2-1-3-6-21)17-35-28(24)38-39-31(43)37-27-22-7-4-13-34-25(22)11-9-18-8-10-20(33)16-23(18)27/h1-8,10,13,15-17,26-27H,9,11-12,14H2,(H,35,38)(H,36,41)(H2,37,39,43). The summed E-state index contributed by atoms with van der Waals surface area (Å²) in [6, 6.07) is 18.3. The zero-order chi connectivity index (χ0) is 29.9. The molecule has 0 bridgehead atoms. The minimum Gasteiger partial charge on any atom is -0.350 e. The van der Waals surface area contributed by atoms with Crippen LogP contribution in [-0.4, -0.2) is 39.5 Å². The van der Waals surface area contributed by atoms with Gasteiger partial charge >= 0.3 is 0 Å². The highest BCUT2D eigenvalue weighted by molar-refractivity contribution is 7.80. The molecule has 2 atom stereocenters. The van der Waals surface area contributed by atoms with E-state index in [2.05, 4.69) is 31.5 Å². The molecule has 2 unspecified atom stereocenters. The van der Waals surface area contributed by atoms with Gasteiger partial charge in [-0.25, -0.2) is 9.37 Å². The zero-order valence-electron chi connectivity index (χ0n) is 22.8. The first-order valence-electron chi connectivity index (χ1n) is 13.7. The summed E-state index contributed by atoms with van der Waals surface area (Å²) in [6.07, 6.45) is 5.06. The Hall–Kier alpha value is -4.61. The molecule has 1 fully saturated rings. The van der Waals surface area contributed by atoms with Gasteiger partial charge in [-0.1, -0.05) is 41.9 Å². The van der Waals surface area contributed by atoms with Crippen LogP contribution in [0.4, 0.5) is 15.9 Å². The fourth-order valence-corrected chi connectivity index (χ4v) is 5.80. The van der Waals surface area contributed by atoms with Crippen molar-refractivity contribution >= 4 is 52.3 Å². The van der Waals surface area contributed by atoms with Crippen LogP contribution >= 0.6 is 23.8 Å². The van der Waals surface area contributed by atoms with Crippen molar-refractivity contribution in [1.82, 2.24) is 26.0 Å². The Balaban J connectivity index is 1.09. The van der Waals surface area contributed by atoms with Crippen molar-refractivity contribution in [2.75, 3.05) is 16.9 Å². The molecule has 2 aromatic carbocycles. The van der Waals surface area contributed by atoms with Crippen LogP contribution in [0.3, 0.4) is 0 Å². The van der Waals surface area contributed by atoms with Gasteiger partial charge in [-0.3, -0.25) is 25.4 Å². The Morgan fingerprint density at radius 3 is 2.65 bits per heavy atom. The second-order valence-corrected chi connectivity index (χ2v) is 11.0. The highest BCUT2D eigenvalue weighted by atomic mass is 35.5. The molecule has 9 nitrogen and oxygen atoms in total. The number of carbonyl (C=O) groups is 2. The van der Waals surface area contributed by atoms with Crippen molar-refractivity contribution in [2.45, 2.75) is 31.3 Å². The first-order chi connectivity index (χ1) is 20.9. The number of pyridine rings is 2. The van der Waals surface area contributed by atoms with Crippen LogP contribution in [0.1, 0.15) is 45.2 Å². The summed E-state index contributed by atoms with van der Waals surface area (Å²) in [5.74, 6) is -0.713. The maximum absolute atomic E-state index is 14.3. The topological polar surface area (TPSA) is 111 Å². The highest BCUT2D eigenvalue weighted by Crippen LogP contribution is 2.32. The zero-order valence-corrected chi connectivity index (χ0v) is 24.4. The lowest BCUT2D eigenvalue weighted by atomic mass is 9.96. The van der Waals surface area contributed by atoms with Gasteiger partial charge < -0.3 is 15.5 Å². The number of hydrogen-bond donors (Lipinski definition) is 4. The van der Waals surface area contributed by atoms with Gasteiger partial charge in [-0.05, 0) is 79.0 Å². The van der Waals surface area contributed by atoms with E-state index in [1.165, 1.54) is 24.4 Å². The smallest absolute Gasteiger partial charge is 0.253 e. The van der Waals surface area contributed by atoms with Crippen LogP contribution in [0.15, 0.2) is 79.1 Å². The molecule has 43 heavy (non-hydrogen) atoms. The molecule has 2 aliphatic rings. The number of halogens is 2. The molecule has 12 heteroatoms. The Bertz CT molecular complexity index is 1710. The number of amides is 2. The average Bonchev–Trinajstić information content (AvgIpc) is 3.30. The Morgan fingerprint density at radius 2 is 1.84 bits per heavy atom. The second-order valence-electron chi connectivity index (χ2n) is 10.2. The maximum Gasteiger partial charge on any atom is 0.253 e. The van der Waals surface area contributed by atoms with Crippen molar-refractivity contribution in [2.24, 2.45) is 0 Å². The summed E-state index contributed by atoms with van der Waals surface area (Å²) in [5, 5.41) is 6.43. The molecular weight excluding hydrogens is 589 g/mol. The molecule has 1 saturated heterocycles. The summed E-state index contributed by atoms with van der Waals surface area (Å²) < 4.78 is 14.3. The van der Waals surface area contributed by atoms with Gasteiger partial charge in [0, 0.05) is 35.9 Å². The Labute approximate surface area is 257 Å². The minimum atomic E-state index is -0.641. The van der Waals surface area contributed by atoms with Crippen LogP contribution < -0.4 is 26.4 Å². The predicted molar refractivity (Wildman–Crippen MR) is 166 cm³/mol. The summed E-state index contributed by atoms with van der Waals surface area (Å²) in [6.45, 7) is 0.513. The number of fused-ring (bicyclic) bond motifs is 2. The molecule has 0 spiro atoms. The summed E-state index contributed by atoms with van der Waals surface area (Å²) in [7, 11) is 0. The molecule has 0 radical (unpaired) electrons. The minimum absolute atomic E-state index is 0.167. The third-order valence-corrected chi connectivity index (χ3v) is 8.05. The molecule has 0 saturated carbocycles. The van der Waals surface area contributed by atoms with E-state index in [9.17, 15) is 14.0 Å². The summed E-state index contributed by atoms with van der Waals surface area (Å²) in [5.41, 5.74) is 10.4. The Kier molecular flexibility index (Phi) is 8.17. The molecular formula is C31H27ClFN7O2S. The molecule has 4 N–H and O–H groups in total. The van der Waals surface area contributed by atoms with Gasteiger partial charge in [0.2, 0.25) is 5.91 Å². The monoisotopic (exact) mass is 615 g/mol.